The number of rotatable bonds is 7. The zero-order chi connectivity index (χ0) is 20.6. The molecule has 5 N–H and O–H groups in total. The number of aromatic amines is 1. The summed E-state index contributed by atoms with van der Waals surface area (Å²) in [6.45, 7) is -1.21. The van der Waals surface area contributed by atoms with Crippen molar-refractivity contribution in [2.45, 2.75) is 24.3 Å². The van der Waals surface area contributed by atoms with E-state index in [1.54, 1.807) is 0 Å². The number of aliphatic hydroxyl groups excluding tert-OH is 1. The van der Waals surface area contributed by atoms with Crippen molar-refractivity contribution in [1.82, 2.24) is 9.55 Å². The first kappa shape index (κ1) is 22.0. The summed E-state index contributed by atoms with van der Waals surface area (Å²) in [4.78, 5) is 51.0. The smallest absolute Gasteiger partial charge is 0.384 e. The van der Waals surface area contributed by atoms with Crippen LogP contribution in [-0.4, -0.2) is 61.1 Å². The molecule has 1 saturated heterocycles. The lowest BCUT2D eigenvalue weighted by Crippen LogP contribution is -2.47. The first-order valence-electron chi connectivity index (χ1n) is 6.91. The van der Waals surface area contributed by atoms with Crippen LogP contribution in [0.4, 0.5) is 4.39 Å². The van der Waals surface area contributed by atoms with Gasteiger partial charge in [0.25, 0.3) is 5.56 Å². The minimum atomic E-state index is -5.41. The van der Waals surface area contributed by atoms with Crippen LogP contribution in [-0.2, 0) is 27.4 Å². The number of nitrogens with one attached hydrogen (secondary N) is 1. The molecule has 0 saturated carbocycles. The molecule has 1 aromatic heterocycles. The molecule has 1 aliphatic heterocycles. The van der Waals surface area contributed by atoms with Crippen molar-refractivity contribution in [3.05, 3.63) is 33.1 Å². The SMILES string of the molecule is CO[C@]1(COP(=O)(O)OP(=O)(O)O)O[C@@H](n2ccc(=O)[nH]c2=O)[C@H](F)[C@@H]1O. The highest BCUT2D eigenvalue weighted by Crippen LogP contribution is 2.58. The third-order valence-corrected chi connectivity index (χ3v) is 5.59. The van der Waals surface area contributed by atoms with Gasteiger partial charge in [-0.1, -0.05) is 0 Å². The zero-order valence-corrected chi connectivity index (χ0v) is 15.2. The summed E-state index contributed by atoms with van der Waals surface area (Å²) in [5, 5.41) is 10.1. The number of methoxy groups -OCH3 is 1. The Morgan fingerprint density at radius 1 is 1.37 bits per heavy atom. The summed E-state index contributed by atoms with van der Waals surface area (Å²) in [6, 6.07) is 0.878. The highest BCUT2D eigenvalue weighted by Gasteiger charge is 2.58. The number of phosphoric ester groups is 1. The molecule has 1 aliphatic rings. The lowest BCUT2D eigenvalue weighted by molar-refractivity contribution is -0.267. The van der Waals surface area contributed by atoms with Gasteiger partial charge in [0, 0.05) is 19.4 Å². The molecule has 1 aromatic rings. The fraction of sp³-hybridized carbons (Fsp3) is 0.600. The van der Waals surface area contributed by atoms with E-state index >= 15 is 0 Å². The van der Waals surface area contributed by atoms with E-state index in [1.165, 1.54) is 0 Å². The Hall–Kier alpha value is -1.25. The van der Waals surface area contributed by atoms with Crippen molar-refractivity contribution in [3.8, 4) is 0 Å². The van der Waals surface area contributed by atoms with E-state index in [-0.39, 0.29) is 0 Å². The molecule has 0 aromatic carbocycles. The second kappa shape index (κ2) is 7.64. The molecule has 0 amide bonds. The van der Waals surface area contributed by atoms with Crippen molar-refractivity contribution in [3.63, 3.8) is 0 Å². The number of ether oxygens (including phenoxy) is 2. The Kier molecular flexibility index (Phi) is 6.24. The van der Waals surface area contributed by atoms with Crippen LogP contribution in [0.1, 0.15) is 6.23 Å². The van der Waals surface area contributed by atoms with Crippen molar-refractivity contribution in [2.75, 3.05) is 13.7 Å². The van der Waals surface area contributed by atoms with Gasteiger partial charge in [-0.05, 0) is 0 Å². The van der Waals surface area contributed by atoms with Gasteiger partial charge in [0.05, 0.1) is 0 Å². The normalized spacial score (nSPS) is 31.0. The number of H-pyrrole nitrogens is 1. The van der Waals surface area contributed by atoms with Gasteiger partial charge in [0.1, 0.15) is 12.7 Å². The first-order valence-corrected chi connectivity index (χ1v) is 9.94. The van der Waals surface area contributed by atoms with Crippen LogP contribution in [0.5, 0.6) is 0 Å². The topological polar surface area (TPSA) is 207 Å². The number of phosphoric acid groups is 2. The Morgan fingerprint density at radius 3 is 2.52 bits per heavy atom. The van der Waals surface area contributed by atoms with Crippen LogP contribution < -0.4 is 11.2 Å². The lowest BCUT2D eigenvalue weighted by Gasteiger charge is -2.30. The summed E-state index contributed by atoms with van der Waals surface area (Å²) in [5.74, 6) is -2.45. The second-order valence-electron chi connectivity index (χ2n) is 5.25. The highest BCUT2D eigenvalue weighted by molar-refractivity contribution is 7.60. The zero-order valence-electron chi connectivity index (χ0n) is 13.4. The van der Waals surface area contributed by atoms with E-state index in [0.29, 0.717) is 4.57 Å². The average Bonchev–Trinajstić information content (AvgIpc) is 2.76. The molecule has 2 rings (SSSR count). The summed E-state index contributed by atoms with van der Waals surface area (Å²) in [6.07, 6.45) is -5.43. The maximum Gasteiger partial charge on any atom is 0.481 e. The number of nitrogens with zero attached hydrogens (tertiary/aromatic N) is 1. The van der Waals surface area contributed by atoms with E-state index in [2.05, 4.69) is 8.83 Å². The van der Waals surface area contributed by atoms with Crippen LogP contribution in [0.3, 0.4) is 0 Å². The van der Waals surface area contributed by atoms with Crippen molar-refractivity contribution in [2.24, 2.45) is 0 Å². The second-order valence-corrected chi connectivity index (χ2v) is 8.07. The van der Waals surface area contributed by atoms with Gasteiger partial charge in [0.15, 0.2) is 12.4 Å². The third kappa shape index (κ3) is 4.97. The van der Waals surface area contributed by atoms with Crippen LogP contribution in [0.15, 0.2) is 21.9 Å². The van der Waals surface area contributed by atoms with Crippen LogP contribution >= 0.6 is 15.6 Å². The molecule has 154 valence electrons. The standard InChI is InChI=1S/C10H15FN2O12P2/c1-22-10(4-23-27(20,21)25-26(17,18)19)7(15)6(11)8(24-10)13-3-2-5(14)12-9(13)16/h2-3,6-8,15H,4H2,1H3,(H,20,21)(H,12,14,16)(H2,17,18,19)/t6-,7+,8-,10-/m1/s1. The van der Waals surface area contributed by atoms with E-state index in [4.69, 9.17) is 19.3 Å². The molecule has 0 spiro atoms. The number of hydrogen-bond donors (Lipinski definition) is 5. The fourth-order valence-corrected chi connectivity index (χ4v) is 3.86. The molecule has 5 atom stereocenters. The molecule has 0 aliphatic carbocycles. The first-order chi connectivity index (χ1) is 12.3. The lowest BCUT2D eigenvalue weighted by atomic mass is 10.1. The van der Waals surface area contributed by atoms with Crippen molar-refractivity contribution in [1.29, 1.82) is 0 Å². The Labute approximate surface area is 148 Å². The number of aliphatic hydroxyl groups is 1. The molecule has 2 heterocycles. The Morgan fingerprint density at radius 2 is 2.00 bits per heavy atom. The average molecular weight is 436 g/mol. The van der Waals surface area contributed by atoms with Crippen LogP contribution in [0.25, 0.3) is 0 Å². The quantitative estimate of drug-likeness (QED) is 0.304. The molecule has 1 fully saturated rings. The Bertz CT molecular complexity index is 897. The summed E-state index contributed by atoms with van der Waals surface area (Å²) in [5.41, 5.74) is -1.85. The number of aromatic nitrogens is 2. The monoisotopic (exact) mass is 436 g/mol. The summed E-state index contributed by atoms with van der Waals surface area (Å²) in [7, 11) is -9.86. The van der Waals surface area contributed by atoms with E-state index < -0.39 is 57.8 Å². The third-order valence-electron chi connectivity index (χ3n) is 3.45. The number of alkyl halides is 1. The van der Waals surface area contributed by atoms with E-state index in [9.17, 15) is 33.1 Å². The minimum Gasteiger partial charge on any atom is -0.384 e. The van der Waals surface area contributed by atoms with Gasteiger partial charge in [0.2, 0.25) is 5.79 Å². The number of halogens is 1. The van der Waals surface area contributed by atoms with Gasteiger partial charge in [-0.3, -0.25) is 18.9 Å². The molecular weight excluding hydrogens is 421 g/mol. The molecule has 17 heteroatoms. The predicted molar refractivity (Wildman–Crippen MR) is 81.0 cm³/mol. The fourth-order valence-electron chi connectivity index (χ4n) is 2.25. The molecule has 1 unspecified atom stereocenters. The van der Waals surface area contributed by atoms with Gasteiger partial charge >= 0.3 is 21.3 Å². The summed E-state index contributed by atoms with van der Waals surface area (Å²) >= 11 is 0. The van der Waals surface area contributed by atoms with Gasteiger partial charge in [-0.25, -0.2) is 18.3 Å². The molecule has 0 bridgehead atoms. The van der Waals surface area contributed by atoms with Crippen molar-refractivity contribution < 1.29 is 51.6 Å². The maximum atomic E-state index is 14.5. The largest absolute Gasteiger partial charge is 0.481 e. The number of hydrogen-bond acceptors (Lipinski definition) is 9. The van der Waals surface area contributed by atoms with Gasteiger partial charge in [-0.2, -0.15) is 4.31 Å². The molecular formula is C10H15FN2O12P2. The highest BCUT2D eigenvalue weighted by atomic mass is 31.3. The predicted octanol–water partition coefficient (Wildman–Crippen LogP) is -1.67. The van der Waals surface area contributed by atoms with Crippen LogP contribution in [0.2, 0.25) is 0 Å². The summed E-state index contributed by atoms with van der Waals surface area (Å²) < 4.78 is 55.0. The molecule has 14 nitrogen and oxygen atoms in total. The minimum absolute atomic E-state index is 0.584. The Balaban J connectivity index is 2.26. The van der Waals surface area contributed by atoms with E-state index in [0.717, 1.165) is 19.4 Å². The van der Waals surface area contributed by atoms with E-state index in [1.807, 2.05) is 4.98 Å². The van der Waals surface area contributed by atoms with Gasteiger partial charge < -0.3 is 29.3 Å². The molecule has 0 radical (unpaired) electrons. The van der Waals surface area contributed by atoms with Gasteiger partial charge in [-0.15, -0.1) is 0 Å². The van der Waals surface area contributed by atoms with Crippen molar-refractivity contribution >= 4 is 15.6 Å². The molecule has 27 heavy (non-hydrogen) atoms. The van der Waals surface area contributed by atoms with Crippen LogP contribution in [0, 0.1) is 0 Å². The maximum absolute atomic E-state index is 14.5.